The monoisotopic (exact) mass is 264 g/mol. The van der Waals surface area contributed by atoms with Crippen molar-refractivity contribution in [2.24, 2.45) is 0 Å². The van der Waals surface area contributed by atoms with Gasteiger partial charge in [0.05, 0.1) is 5.56 Å². The maximum atomic E-state index is 13.4. The fourth-order valence-electron chi connectivity index (χ4n) is 2.02. The lowest BCUT2D eigenvalue weighted by atomic mass is 10.1. The molecule has 1 aromatic carbocycles. The number of phenols is 1. The zero-order valence-corrected chi connectivity index (χ0v) is 10.6. The minimum Gasteiger partial charge on any atom is -0.508 e. The molecule has 0 aromatic heterocycles. The molecule has 1 aromatic rings. The first-order valence-corrected chi connectivity index (χ1v) is 6.32. The van der Waals surface area contributed by atoms with Crippen LogP contribution in [0, 0.1) is 5.82 Å². The Bertz CT molecular complexity index is 500. The molecule has 0 unspecified atom stereocenters. The van der Waals surface area contributed by atoms with Crippen LogP contribution in [0.4, 0.5) is 4.39 Å². The molecule has 102 valence electrons. The van der Waals surface area contributed by atoms with Gasteiger partial charge in [-0.05, 0) is 31.5 Å². The molecule has 1 aliphatic rings. The van der Waals surface area contributed by atoms with Crippen LogP contribution in [0.5, 0.6) is 5.75 Å². The van der Waals surface area contributed by atoms with E-state index in [4.69, 9.17) is 5.11 Å². The number of amides is 1. The van der Waals surface area contributed by atoms with E-state index >= 15 is 0 Å². The summed E-state index contributed by atoms with van der Waals surface area (Å²) >= 11 is 0. The van der Waals surface area contributed by atoms with Gasteiger partial charge in [-0.1, -0.05) is 11.6 Å². The second-order valence-corrected chi connectivity index (χ2v) is 4.49. The molecule has 19 heavy (non-hydrogen) atoms. The van der Waals surface area contributed by atoms with Crippen LogP contribution in [0.25, 0.3) is 0 Å². The first-order chi connectivity index (χ1) is 9.16. The smallest absolute Gasteiger partial charge is 0.254 e. The van der Waals surface area contributed by atoms with Gasteiger partial charge in [-0.25, -0.2) is 4.39 Å². The van der Waals surface area contributed by atoms with Gasteiger partial charge in [0.15, 0.2) is 0 Å². The summed E-state index contributed by atoms with van der Waals surface area (Å²) in [4.78, 5) is 11.8. The van der Waals surface area contributed by atoms with Crippen LogP contribution < -0.4 is 10.6 Å². The minimum absolute atomic E-state index is 0.0444. The van der Waals surface area contributed by atoms with E-state index in [9.17, 15) is 9.18 Å². The zero-order chi connectivity index (χ0) is 13.7. The third-order valence-corrected chi connectivity index (χ3v) is 3.09. The average Bonchev–Trinajstić information content (AvgIpc) is 2.39. The Morgan fingerprint density at radius 2 is 2.32 bits per heavy atom. The van der Waals surface area contributed by atoms with Crippen LogP contribution >= 0.6 is 0 Å². The summed E-state index contributed by atoms with van der Waals surface area (Å²) < 4.78 is 13.4. The van der Waals surface area contributed by atoms with Gasteiger partial charge in [0.25, 0.3) is 5.91 Å². The highest BCUT2D eigenvalue weighted by Crippen LogP contribution is 2.15. The number of phenolic OH excluding ortho intramolecular Hbond substituents is 1. The molecule has 0 atom stereocenters. The summed E-state index contributed by atoms with van der Waals surface area (Å²) in [6, 6.07) is 3.52. The van der Waals surface area contributed by atoms with Crippen molar-refractivity contribution in [1.29, 1.82) is 0 Å². The Morgan fingerprint density at radius 3 is 3.00 bits per heavy atom. The Hall–Kier alpha value is -1.88. The van der Waals surface area contributed by atoms with Crippen molar-refractivity contribution in [3.05, 3.63) is 41.2 Å². The van der Waals surface area contributed by atoms with Gasteiger partial charge in [0.1, 0.15) is 11.6 Å². The summed E-state index contributed by atoms with van der Waals surface area (Å²) in [5, 5.41) is 15.0. The number of benzene rings is 1. The molecule has 3 N–H and O–H groups in total. The molecule has 1 amide bonds. The van der Waals surface area contributed by atoms with Gasteiger partial charge >= 0.3 is 0 Å². The lowest BCUT2D eigenvalue weighted by molar-refractivity contribution is 0.0950. The molecular weight excluding hydrogens is 247 g/mol. The fraction of sp³-hybridized carbons (Fsp3) is 0.357. The quantitative estimate of drug-likeness (QED) is 0.723. The minimum atomic E-state index is -0.710. The largest absolute Gasteiger partial charge is 0.508 e. The van der Waals surface area contributed by atoms with Crippen LogP contribution in [0.2, 0.25) is 0 Å². The molecule has 1 heterocycles. The number of aromatic hydroxyl groups is 1. The Kier molecular flexibility index (Phi) is 4.52. The van der Waals surface area contributed by atoms with E-state index in [1.807, 2.05) is 0 Å². The van der Waals surface area contributed by atoms with Gasteiger partial charge in [0.2, 0.25) is 0 Å². The number of rotatable bonds is 4. The van der Waals surface area contributed by atoms with Crippen molar-refractivity contribution in [1.82, 2.24) is 10.6 Å². The molecule has 4 nitrogen and oxygen atoms in total. The maximum Gasteiger partial charge on any atom is 0.254 e. The molecule has 0 aliphatic carbocycles. The number of carbonyl (C=O) groups excluding carboxylic acids is 1. The summed E-state index contributed by atoms with van der Waals surface area (Å²) in [5.74, 6) is -1.35. The Morgan fingerprint density at radius 1 is 1.47 bits per heavy atom. The third kappa shape index (κ3) is 3.79. The van der Waals surface area contributed by atoms with E-state index in [2.05, 4.69) is 16.7 Å². The predicted molar refractivity (Wildman–Crippen MR) is 70.6 cm³/mol. The van der Waals surface area contributed by atoms with E-state index in [0.717, 1.165) is 32.0 Å². The lowest BCUT2D eigenvalue weighted by Crippen LogP contribution is -2.27. The van der Waals surface area contributed by atoms with Crippen molar-refractivity contribution in [2.75, 3.05) is 19.6 Å². The molecule has 0 saturated heterocycles. The second-order valence-electron chi connectivity index (χ2n) is 4.49. The van der Waals surface area contributed by atoms with E-state index in [1.54, 1.807) is 0 Å². The summed E-state index contributed by atoms with van der Waals surface area (Å²) in [6.07, 6.45) is 3.90. The number of nitrogens with one attached hydrogen (secondary N) is 2. The van der Waals surface area contributed by atoms with Crippen molar-refractivity contribution in [3.63, 3.8) is 0 Å². The number of hydrogen-bond donors (Lipinski definition) is 3. The molecule has 5 heteroatoms. The second kappa shape index (κ2) is 6.33. The van der Waals surface area contributed by atoms with Crippen molar-refractivity contribution in [3.8, 4) is 5.75 Å². The van der Waals surface area contributed by atoms with Crippen molar-refractivity contribution >= 4 is 5.91 Å². The predicted octanol–water partition coefficient (Wildman–Crippen LogP) is 1.57. The van der Waals surface area contributed by atoms with Crippen LogP contribution in [-0.4, -0.2) is 30.6 Å². The van der Waals surface area contributed by atoms with Gasteiger partial charge in [-0.2, -0.15) is 0 Å². The molecule has 0 spiro atoms. The first-order valence-electron chi connectivity index (χ1n) is 6.32. The molecule has 2 rings (SSSR count). The van der Waals surface area contributed by atoms with Gasteiger partial charge in [-0.15, -0.1) is 0 Å². The van der Waals surface area contributed by atoms with Gasteiger partial charge < -0.3 is 15.7 Å². The highest BCUT2D eigenvalue weighted by molar-refractivity contribution is 5.94. The molecule has 0 saturated carbocycles. The summed E-state index contributed by atoms with van der Waals surface area (Å²) in [5.41, 5.74) is 1.27. The van der Waals surface area contributed by atoms with Gasteiger partial charge in [-0.3, -0.25) is 4.79 Å². The topological polar surface area (TPSA) is 61.4 Å². The highest BCUT2D eigenvalue weighted by atomic mass is 19.1. The van der Waals surface area contributed by atoms with E-state index < -0.39 is 11.7 Å². The average molecular weight is 264 g/mol. The fourth-order valence-corrected chi connectivity index (χ4v) is 2.02. The highest BCUT2D eigenvalue weighted by Gasteiger charge is 2.12. The maximum absolute atomic E-state index is 13.4. The lowest BCUT2D eigenvalue weighted by Gasteiger charge is -2.14. The third-order valence-electron chi connectivity index (χ3n) is 3.09. The number of halogens is 1. The standard InChI is InChI=1S/C14H17FN2O2/c15-13-9-11(18)1-2-12(13)14(19)17-8-5-10-3-6-16-7-4-10/h1-3,9,16,18H,4-8H2,(H,17,19). The van der Waals surface area contributed by atoms with Crippen molar-refractivity contribution < 1.29 is 14.3 Å². The van der Waals surface area contributed by atoms with Gasteiger partial charge in [0, 0.05) is 19.2 Å². The zero-order valence-electron chi connectivity index (χ0n) is 10.6. The van der Waals surface area contributed by atoms with E-state index in [0.29, 0.717) is 6.54 Å². The number of carbonyl (C=O) groups is 1. The van der Waals surface area contributed by atoms with Crippen LogP contribution in [0.3, 0.4) is 0 Å². The summed E-state index contributed by atoms with van der Waals surface area (Å²) in [7, 11) is 0. The Labute approximate surface area is 111 Å². The molecular formula is C14H17FN2O2. The van der Waals surface area contributed by atoms with Crippen LogP contribution in [-0.2, 0) is 0 Å². The van der Waals surface area contributed by atoms with Crippen LogP contribution in [0.15, 0.2) is 29.8 Å². The molecule has 0 bridgehead atoms. The summed E-state index contributed by atoms with van der Waals surface area (Å²) in [6.45, 7) is 2.33. The van der Waals surface area contributed by atoms with Crippen LogP contribution in [0.1, 0.15) is 23.2 Å². The molecule has 0 fully saturated rings. The molecule has 1 aliphatic heterocycles. The van der Waals surface area contributed by atoms with Crippen molar-refractivity contribution in [2.45, 2.75) is 12.8 Å². The first kappa shape index (κ1) is 13.5. The molecule has 0 radical (unpaired) electrons. The number of hydrogen-bond acceptors (Lipinski definition) is 3. The van der Waals surface area contributed by atoms with E-state index in [-0.39, 0.29) is 11.3 Å². The SMILES string of the molecule is O=C(NCCC1=CCNCC1)c1ccc(O)cc1F. The Balaban J connectivity index is 1.85. The normalized spacial score (nSPS) is 14.9. The van der Waals surface area contributed by atoms with E-state index in [1.165, 1.54) is 17.7 Å².